The van der Waals surface area contributed by atoms with Crippen molar-refractivity contribution < 1.29 is 9.59 Å². The van der Waals surface area contributed by atoms with E-state index >= 15 is 0 Å². The number of nitriles is 1. The van der Waals surface area contributed by atoms with E-state index in [4.69, 9.17) is 5.26 Å². The Morgan fingerprint density at radius 1 is 1.40 bits per heavy atom. The molecule has 1 aliphatic heterocycles. The van der Waals surface area contributed by atoms with Crippen LogP contribution in [0.25, 0.3) is 0 Å². The summed E-state index contributed by atoms with van der Waals surface area (Å²) in [5, 5.41) is 12.0. The summed E-state index contributed by atoms with van der Waals surface area (Å²) >= 11 is 0. The van der Waals surface area contributed by atoms with Crippen LogP contribution in [0.5, 0.6) is 0 Å². The standard InChI is InChI=1S/C23H29N5O2/c1-5-6-8-18(14-24)11-10-17(2)25-23(30)28-12-7-9-19-13-20(15-27(3)4)21(16-29)26-22(19)28/h6,8,10-11,13,16H,5,7,9,12,15H2,1-4H3,(H,25,30)/b8-6+,17-10+,18-11+. The maximum Gasteiger partial charge on any atom is 0.327 e. The van der Waals surface area contributed by atoms with Gasteiger partial charge in [-0.15, -0.1) is 0 Å². The second-order valence-corrected chi connectivity index (χ2v) is 7.45. The molecule has 2 heterocycles. The molecular weight excluding hydrogens is 378 g/mol. The highest BCUT2D eigenvalue weighted by molar-refractivity contribution is 5.93. The fourth-order valence-electron chi connectivity index (χ4n) is 3.19. The summed E-state index contributed by atoms with van der Waals surface area (Å²) in [7, 11) is 3.88. The van der Waals surface area contributed by atoms with Gasteiger partial charge in [0.25, 0.3) is 0 Å². The average Bonchev–Trinajstić information content (AvgIpc) is 2.72. The van der Waals surface area contributed by atoms with Crippen molar-refractivity contribution in [2.24, 2.45) is 0 Å². The number of nitrogens with one attached hydrogen (secondary N) is 1. The largest absolute Gasteiger partial charge is 0.327 e. The summed E-state index contributed by atoms with van der Waals surface area (Å²) in [6, 6.07) is 3.80. The van der Waals surface area contributed by atoms with E-state index in [1.807, 2.05) is 38.1 Å². The molecule has 1 N–H and O–H groups in total. The molecule has 1 aromatic heterocycles. The Morgan fingerprint density at radius 3 is 2.80 bits per heavy atom. The maximum atomic E-state index is 12.9. The van der Waals surface area contributed by atoms with E-state index in [0.717, 1.165) is 36.7 Å². The molecule has 0 aliphatic carbocycles. The Bertz CT molecular complexity index is 922. The SMILES string of the molecule is CC/C=C/C(C#N)=C\C=C(/C)NC(=O)N1CCCc2cc(CN(C)C)c(C=O)nc21. The van der Waals surface area contributed by atoms with E-state index in [9.17, 15) is 9.59 Å². The highest BCUT2D eigenvalue weighted by atomic mass is 16.2. The molecule has 0 unspecified atom stereocenters. The van der Waals surface area contributed by atoms with Crippen molar-refractivity contribution in [2.45, 2.75) is 39.7 Å². The van der Waals surface area contributed by atoms with E-state index in [1.54, 1.807) is 30.1 Å². The van der Waals surface area contributed by atoms with Crippen molar-refractivity contribution in [3.05, 3.63) is 58.5 Å². The molecule has 0 atom stereocenters. The number of hydrogen-bond acceptors (Lipinski definition) is 5. The van der Waals surface area contributed by atoms with Gasteiger partial charge in [0.1, 0.15) is 11.5 Å². The predicted octanol–water partition coefficient (Wildman–Crippen LogP) is 3.74. The third-order valence-corrected chi connectivity index (χ3v) is 4.60. The number of carbonyl (C=O) groups excluding carboxylic acids is 2. The number of fused-ring (bicyclic) bond motifs is 1. The number of rotatable bonds is 7. The van der Waals surface area contributed by atoms with Gasteiger partial charge in [0.05, 0.1) is 11.6 Å². The number of hydrogen-bond donors (Lipinski definition) is 1. The van der Waals surface area contributed by atoms with Gasteiger partial charge in [0.15, 0.2) is 6.29 Å². The van der Waals surface area contributed by atoms with Crippen LogP contribution >= 0.6 is 0 Å². The minimum Gasteiger partial charge on any atom is -0.312 e. The minimum absolute atomic E-state index is 0.301. The lowest BCUT2D eigenvalue weighted by molar-refractivity contribution is 0.111. The van der Waals surface area contributed by atoms with E-state index in [2.05, 4.69) is 16.4 Å². The molecule has 1 aromatic rings. The van der Waals surface area contributed by atoms with Crippen LogP contribution in [0.3, 0.4) is 0 Å². The molecular formula is C23H29N5O2. The molecule has 7 nitrogen and oxygen atoms in total. The predicted molar refractivity (Wildman–Crippen MR) is 118 cm³/mol. The molecule has 0 radical (unpaired) electrons. The zero-order valence-corrected chi connectivity index (χ0v) is 18.1. The molecule has 0 fully saturated rings. The van der Waals surface area contributed by atoms with Gasteiger partial charge in [-0.1, -0.05) is 13.0 Å². The topological polar surface area (TPSA) is 89.3 Å². The molecule has 0 spiro atoms. The fourth-order valence-corrected chi connectivity index (χ4v) is 3.19. The average molecular weight is 408 g/mol. The Hall–Kier alpha value is -3.24. The summed E-state index contributed by atoms with van der Waals surface area (Å²) in [4.78, 5) is 32.5. The number of amides is 2. The molecule has 1 aliphatic rings. The summed E-state index contributed by atoms with van der Waals surface area (Å²) in [6.45, 7) is 4.91. The molecule has 0 bridgehead atoms. The first-order valence-corrected chi connectivity index (χ1v) is 10.1. The number of aldehydes is 1. The van der Waals surface area contributed by atoms with Crippen LogP contribution < -0.4 is 10.2 Å². The summed E-state index contributed by atoms with van der Waals surface area (Å²) in [5.41, 5.74) is 3.32. The highest BCUT2D eigenvalue weighted by Crippen LogP contribution is 2.27. The molecule has 0 saturated carbocycles. The number of aromatic nitrogens is 1. The Labute approximate surface area is 178 Å². The molecule has 0 saturated heterocycles. The lowest BCUT2D eigenvalue weighted by Gasteiger charge is -2.29. The number of aryl methyl sites for hydroxylation is 1. The van der Waals surface area contributed by atoms with Gasteiger partial charge in [-0.25, -0.2) is 9.78 Å². The Balaban J connectivity index is 2.23. The van der Waals surface area contributed by atoms with Gasteiger partial charge < -0.3 is 10.2 Å². The van der Waals surface area contributed by atoms with Crippen molar-refractivity contribution in [3.63, 3.8) is 0 Å². The van der Waals surface area contributed by atoms with Crippen LogP contribution in [0.15, 0.2) is 41.6 Å². The van der Waals surface area contributed by atoms with Crippen LogP contribution in [0.1, 0.15) is 48.3 Å². The number of allylic oxidation sites excluding steroid dienone is 6. The molecule has 158 valence electrons. The van der Waals surface area contributed by atoms with Crippen LogP contribution in [-0.2, 0) is 13.0 Å². The molecule has 2 amide bonds. The molecule has 7 heteroatoms. The van der Waals surface area contributed by atoms with Crippen LogP contribution in [0, 0.1) is 11.3 Å². The van der Waals surface area contributed by atoms with E-state index in [0.29, 0.717) is 35.9 Å². The first kappa shape index (κ1) is 23.0. The normalized spacial score (nSPS) is 14.6. The second kappa shape index (κ2) is 11.1. The van der Waals surface area contributed by atoms with Gasteiger partial charge in [-0.05, 0) is 75.7 Å². The highest BCUT2D eigenvalue weighted by Gasteiger charge is 2.25. The number of urea groups is 1. The molecule has 2 rings (SSSR count). The Morgan fingerprint density at radius 2 is 2.17 bits per heavy atom. The molecule has 0 aromatic carbocycles. The maximum absolute atomic E-state index is 12.9. The van der Waals surface area contributed by atoms with Crippen molar-refractivity contribution in [1.82, 2.24) is 15.2 Å². The van der Waals surface area contributed by atoms with Gasteiger partial charge >= 0.3 is 6.03 Å². The van der Waals surface area contributed by atoms with Crippen molar-refractivity contribution in [2.75, 3.05) is 25.5 Å². The zero-order chi connectivity index (χ0) is 22.1. The second-order valence-electron chi connectivity index (χ2n) is 7.45. The van der Waals surface area contributed by atoms with Gasteiger partial charge in [0.2, 0.25) is 0 Å². The smallest absolute Gasteiger partial charge is 0.312 e. The summed E-state index contributed by atoms with van der Waals surface area (Å²) < 4.78 is 0. The van der Waals surface area contributed by atoms with Gasteiger partial charge in [-0.3, -0.25) is 9.69 Å². The minimum atomic E-state index is -0.301. The third kappa shape index (κ3) is 6.13. The number of carbonyl (C=O) groups is 2. The van der Waals surface area contributed by atoms with E-state index in [1.165, 1.54) is 0 Å². The van der Waals surface area contributed by atoms with Crippen LogP contribution in [0.4, 0.5) is 10.6 Å². The first-order chi connectivity index (χ1) is 14.4. The third-order valence-electron chi connectivity index (χ3n) is 4.60. The number of nitrogens with zero attached hydrogens (tertiary/aromatic N) is 4. The first-order valence-electron chi connectivity index (χ1n) is 10.1. The fraction of sp³-hybridized carbons (Fsp3) is 0.391. The molecule has 30 heavy (non-hydrogen) atoms. The number of anilines is 1. The van der Waals surface area contributed by atoms with E-state index in [-0.39, 0.29) is 6.03 Å². The quantitative estimate of drug-likeness (QED) is 0.422. The van der Waals surface area contributed by atoms with Crippen LogP contribution in [-0.4, -0.2) is 42.8 Å². The lowest BCUT2D eigenvalue weighted by atomic mass is 10.0. The number of pyridine rings is 1. The van der Waals surface area contributed by atoms with Crippen molar-refractivity contribution in [3.8, 4) is 6.07 Å². The Kier molecular flexibility index (Phi) is 8.51. The van der Waals surface area contributed by atoms with Crippen molar-refractivity contribution in [1.29, 1.82) is 5.26 Å². The summed E-state index contributed by atoms with van der Waals surface area (Å²) in [5.74, 6) is 0.537. The van der Waals surface area contributed by atoms with Gasteiger partial charge in [-0.2, -0.15) is 5.26 Å². The lowest BCUT2D eigenvalue weighted by Crippen LogP contribution is -2.43. The summed E-state index contributed by atoms with van der Waals surface area (Å²) in [6.07, 6.45) is 10.3. The zero-order valence-electron chi connectivity index (χ0n) is 18.1. The van der Waals surface area contributed by atoms with Gasteiger partial charge in [0, 0.05) is 18.8 Å². The monoisotopic (exact) mass is 407 g/mol. The van der Waals surface area contributed by atoms with E-state index < -0.39 is 0 Å². The van der Waals surface area contributed by atoms with Crippen molar-refractivity contribution >= 4 is 18.1 Å². The van der Waals surface area contributed by atoms with Crippen LogP contribution in [0.2, 0.25) is 0 Å².